The van der Waals surface area contributed by atoms with E-state index in [4.69, 9.17) is 24.3 Å². The highest BCUT2D eigenvalue weighted by Crippen LogP contribution is 2.62. The third-order valence-corrected chi connectivity index (χ3v) is 6.32. The van der Waals surface area contributed by atoms with Crippen LogP contribution in [-0.4, -0.2) is 47.0 Å². The molecule has 0 radical (unpaired) electrons. The average Bonchev–Trinajstić information content (AvgIpc) is 2.19. The molecule has 11 nitrogen and oxygen atoms in total. The molecule has 0 saturated carbocycles. The minimum Gasteiger partial charge on any atom is -0.455 e. The van der Waals surface area contributed by atoms with E-state index in [9.17, 15) is 24.0 Å². The minimum atomic E-state index is -5.40. The zero-order chi connectivity index (χ0) is 18.1. The summed E-state index contributed by atoms with van der Waals surface area (Å²) in [5, 5.41) is 8.46. The second-order valence-electron chi connectivity index (χ2n) is 5.90. The maximum Gasteiger partial charge on any atom is 0.385 e. The standard InChI is InChI=1S/C9H19NO10P2/c1-8(2,3)20-7(11)9(4,10(12)13)5-6(21(14,15)16)22(17,18)19/h6H,5H2,1-4H3,(H2,14,15,16)(H2,17,18,19)/t9-/m1/s1. The Bertz CT molecular complexity index is 521. The maximum absolute atomic E-state index is 11.9. The molecule has 0 unspecified atom stereocenters. The van der Waals surface area contributed by atoms with Crippen LogP contribution in [0.15, 0.2) is 0 Å². The quantitative estimate of drug-likeness (QED) is 0.223. The number of nitro groups is 1. The summed E-state index contributed by atoms with van der Waals surface area (Å²) in [6.07, 6.45) is -1.37. The van der Waals surface area contributed by atoms with Crippen molar-refractivity contribution in [1.82, 2.24) is 0 Å². The monoisotopic (exact) mass is 363 g/mol. The van der Waals surface area contributed by atoms with Gasteiger partial charge in [0.2, 0.25) is 0 Å². The van der Waals surface area contributed by atoms with Gasteiger partial charge >= 0.3 is 26.7 Å². The van der Waals surface area contributed by atoms with Crippen LogP contribution < -0.4 is 0 Å². The second-order valence-corrected chi connectivity index (χ2v) is 9.91. The Balaban J connectivity index is 5.78. The molecule has 0 aliphatic carbocycles. The second kappa shape index (κ2) is 6.35. The minimum absolute atomic E-state index is 0.694. The molecule has 0 aromatic rings. The van der Waals surface area contributed by atoms with Gasteiger partial charge in [-0.2, -0.15) is 0 Å². The first-order valence-electron chi connectivity index (χ1n) is 5.89. The van der Waals surface area contributed by atoms with Gasteiger partial charge in [0.1, 0.15) is 5.60 Å². The van der Waals surface area contributed by atoms with Gasteiger partial charge in [-0.3, -0.25) is 19.2 Å². The molecule has 130 valence electrons. The molecule has 0 rings (SSSR count). The zero-order valence-electron chi connectivity index (χ0n) is 12.4. The first-order chi connectivity index (χ1) is 9.41. The Labute approximate surface area is 126 Å². The van der Waals surface area contributed by atoms with Gasteiger partial charge < -0.3 is 24.3 Å². The van der Waals surface area contributed by atoms with Crippen LogP contribution in [0.1, 0.15) is 34.1 Å². The highest BCUT2D eigenvalue weighted by Gasteiger charge is 2.57. The van der Waals surface area contributed by atoms with Gasteiger partial charge in [0, 0.05) is 11.8 Å². The van der Waals surface area contributed by atoms with Crippen LogP contribution in [-0.2, 0) is 18.7 Å². The van der Waals surface area contributed by atoms with Gasteiger partial charge in [-0.25, -0.2) is 4.79 Å². The largest absolute Gasteiger partial charge is 0.455 e. The number of rotatable bonds is 6. The van der Waals surface area contributed by atoms with E-state index >= 15 is 0 Å². The van der Waals surface area contributed by atoms with Gasteiger partial charge in [-0.1, -0.05) is 0 Å². The van der Waals surface area contributed by atoms with Crippen molar-refractivity contribution in [2.24, 2.45) is 0 Å². The van der Waals surface area contributed by atoms with Crippen LogP contribution in [0.3, 0.4) is 0 Å². The number of carbonyl (C=O) groups excluding carboxylic acids is 1. The lowest BCUT2D eigenvalue weighted by Gasteiger charge is -2.28. The Morgan fingerprint density at radius 3 is 1.73 bits per heavy atom. The molecule has 0 aliphatic rings. The number of nitrogens with zero attached hydrogens (tertiary/aromatic N) is 1. The van der Waals surface area contributed by atoms with Crippen molar-refractivity contribution in [3.8, 4) is 0 Å². The molecule has 0 aliphatic heterocycles. The molecular formula is C9H19NO10P2. The third-order valence-electron chi connectivity index (χ3n) is 2.60. The van der Waals surface area contributed by atoms with Crippen molar-refractivity contribution in [3.63, 3.8) is 0 Å². The van der Waals surface area contributed by atoms with E-state index < -0.39 is 49.0 Å². The van der Waals surface area contributed by atoms with Crippen molar-refractivity contribution in [2.45, 2.75) is 50.7 Å². The van der Waals surface area contributed by atoms with E-state index in [0.717, 1.165) is 0 Å². The van der Waals surface area contributed by atoms with Crippen LogP contribution in [0.25, 0.3) is 0 Å². The van der Waals surface area contributed by atoms with Crippen molar-refractivity contribution in [3.05, 3.63) is 10.1 Å². The Morgan fingerprint density at radius 1 is 1.14 bits per heavy atom. The fraction of sp³-hybridized carbons (Fsp3) is 0.889. The molecule has 0 bridgehead atoms. The van der Waals surface area contributed by atoms with Crippen LogP contribution in [0.4, 0.5) is 0 Å². The van der Waals surface area contributed by atoms with Gasteiger partial charge in [0.05, 0.1) is 6.42 Å². The maximum atomic E-state index is 11.9. The normalized spacial score (nSPS) is 16.2. The molecule has 22 heavy (non-hydrogen) atoms. The predicted octanol–water partition coefficient (Wildman–Crippen LogP) is 0.435. The Kier molecular flexibility index (Phi) is 6.11. The Morgan fingerprint density at radius 2 is 1.50 bits per heavy atom. The van der Waals surface area contributed by atoms with Crippen LogP contribution >= 0.6 is 15.2 Å². The third kappa shape index (κ3) is 5.75. The summed E-state index contributed by atoms with van der Waals surface area (Å²) in [6, 6.07) is 0. The molecule has 0 aromatic heterocycles. The van der Waals surface area contributed by atoms with Gasteiger partial charge in [-0.15, -0.1) is 0 Å². The van der Waals surface area contributed by atoms with Crippen LogP contribution in [0.5, 0.6) is 0 Å². The lowest BCUT2D eigenvalue weighted by atomic mass is 9.99. The molecule has 0 spiro atoms. The van der Waals surface area contributed by atoms with E-state index in [1.165, 1.54) is 20.8 Å². The van der Waals surface area contributed by atoms with Crippen molar-refractivity contribution >= 4 is 21.2 Å². The van der Waals surface area contributed by atoms with Crippen LogP contribution in [0, 0.1) is 10.1 Å². The molecule has 4 N–H and O–H groups in total. The molecule has 0 fully saturated rings. The molecular weight excluding hydrogens is 344 g/mol. The fourth-order valence-electron chi connectivity index (χ4n) is 1.41. The zero-order valence-corrected chi connectivity index (χ0v) is 14.2. The summed E-state index contributed by atoms with van der Waals surface area (Å²) < 4.78 is 27.2. The lowest BCUT2D eigenvalue weighted by Crippen LogP contribution is -2.49. The number of hydrogen-bond donors (Lipinski definition) is 4. The van der Waals surface area contributed by atoms with E-state index in [2.05, 4.69) is 0 Å². The molecule has 0 saturated heterocycles. The average molecular weight is 363 g/mol. The molecule has 13 heteroatoms. The predicted molar refractivity (Wildman–Crippen MR) is 73.7 cm³/mol. The van der Waals surface area contributed by atoms with Gasteiger partial charge in [0.25, 0.3) is 0 Å². The number of esters is 1. The molecule has 0 amide bonds. The summed E-state index contributed by atoms with van der Waals surface area (Å²) in [7, 11) is -10.8. The first kappa shape index (κ1) is 21.2. The molecule has 1 atom stereocenters. The lowest BCUT2D eigenvalue weighted by molar-refractivity contribution is -0.552. The summed E-state index contributed by atoms with van der Waals surface area (Å²) in [5.74, 6) is -1.45. The topological polar surface area (TPSA) is 184 Å². The van der Waals surface area contributed by atoms with E-state index in [1.807, 2.05) is 0 Å². The van der Waals surface area contributed by atoms with Crippen LogP contribution in [0.2, 0.25) is 0 Å². The van der Waals surface area contributed by atoms with Crippen molar-refractivity contribution < 1.29 is 43.2 Å². The van der Waals surface area contributed by atoms with Crippen molar-refractivity contribution in [1.29, 1.82) is 0 Å². The SMILES string of the molecule is CC(C)(C)OC(=O)[C@@](C)(CC(P(=O)(O)O)P(=O)(O)O)[N+](=O)[O-]. The molecule has 0 heterocycles. The van der Waals surface area contributed by atoms with E-state index in [1.54, 1.807) is 0 Å². The molecule has 0 aromatic carbocycles. The number of hydrogen-bond acceptors (Lipinski definition) is 6. The van der Waals surface area contributed by atoms with E-state index in [0.29, 0.717) is 6.92 Å². The summed E-state index contributed by atoms with van der Waals surface area (Å²) in [6.45, 7) is 4.93. The number of ether oxygens (including phenoxy) is 1. The van der Waals surface area contributed by atoms with Crippen molar-refractivity contribution in [2.75, 3.05) is 0 Å². The summed E-state index contributed by atoms with van der Waals surface area (Å²) in [5.41, 5.74) is -3.85. The number of carbonyl (C=O) groups is 1. The van der Waals surface area contributed by atoms with E-state index in [-0.39, 0.29) is 0 Å². The Hall–Kier alpha value is -0.830. The highest BCUT2D eigenvalue weighted by molar-refractivity contribution is 7.70. The summed E-state index contributed by atoms with van der Waals surface area (Å²) in [4.78, 5) is 58.0. The van der Waals surface area contributed by atoms with Gasteiger partial charge in [0.15, 0.2) is 5.40 Å². The highest BCUT2D eigenvalue weighted by atomic mass is 31.2. The van der Waals surface area contributed by atoms with Gasteiger partial charge in [-0.05, 0) is 20.8 Å². The first-order valence-corrected chi connectivity index (χ1v) is 9.26. The fourth-order valence-corrected chi connectivity index (χ4v) is 4.16. The summed E-state index contributed by atoms with van der Waals surface area (Å²) >= 11 is 0. The smallest absolute Gasteiger partial charge is 0.385 e.